The van der Waals surface area contributed by atoms with E-state index in [2.05, 4.69) is 4.18 Å². The Morgan fingerprint density at radius 1 is 1.28 bits per heavy atom. The third-order valence-corrected chi connectivity index (χ3v) is 2.57. The topological polar surface area (TPSA) is 86.5 Å². The molecule has 1 rings (SSSR count). The Morgan fingerprint density at radius 2 is 1.83 bits per heavy atom. The van der Waals surface area contributed by atoms with Crippen LogP contribution < -0.4 is 4.18 Å². The van der Waals surface area contributed by atoms with Crippen molar-refractivity contribution in [3.8, 4) is 5.75 Å². The Balaban J connectivity index is 3.25. The largest absolute Gasteiger partial charge is 0.534 e. The molecule has 0 N–H and O–H groups in total. The number of nitro groups is 1. The molecule has 0 radical (unpaired) electrons. The minimum atomic E-state index is -6.05. The molecule has 6 nitrogen and oxygen atoms in total. The molecule has 0 bridgehead atoms. The zero-order chi connectivity index (χ0) is 14.1. The number of benzene rings is 1. The van der Waals surface area contributed by atoms with Crippen LogP contribution >= 0.6 is 0 Å². The van der Waals surface area contributed by atoms with Crippen LogP contribution in [-0.2, 0) is 10.1 Å². The fraction of sp³-hybridized carbons (Fsp3) is 0.143. The lowest BCUT2D eigenvalue weighted by atomic mass is 10.3. The minimum absolute atomic E-state index is 0.237. The Hall–Kier alpha value is -1.91. The molecule has 0 aromatic heterocycles. The molecule has 0 saturated heterocycles. The number of nitrogens with zero attached hydrogens (tertiary/aromatic N) is 1. The quantitative estimate of drug-likeness (QED) is 0.279. The van der Waals surface area contributed by atoms with Crippen LogP contribution in [0.5, 0.6) is 5.75 Å². The molecule has 0 aliphatic carbocycles. The van der Waals surface area contributed by atoms with Crippen molar-refractivity contribution in [1.29, 1.82) is 0 Å². The minimum Gasteiger partial charge on any atom is -0.369 e. The molecule has 0 saturated carbocycles. The van der Waals surface area contributed by atoms with E-state index in [1.807, 2.05) is 0 Å². The highest BCUT2D eigenvalue weighted by molar-refractivity contribution is 7.88. The Kier molecular flexibility index (Phi) is 3.46. The lowest BCUT2D eigenvalue weighted by Gasteiger charge is -2.09. The van der Waals surface area contributed by atoms with Crippen molar-refractivity contribution in [2.75, 3.05) is 0 Å². The molecule has 1 aromatic rings. The van der Waals surface area contributed by atoms with Gasteiger partial charge >= 0.3 is 21.3 Å². The summed E-state index contributed by atoms with van der Waals surface area (Å²) in [5.41, 5.74) is -6.97. The van der Waals surface area contributed by atoms with Gasteiger partial charge in [-0.05, 0) is 12.1 Å². The van der Waals surface area contributed by atoms with E-state index in [0.717, 1.165) is 0 Å². The van der Waals surface area contributed by atoms with E-state index in [0.29, 0.717) is 12.1 Å². The second kappa shape index (κ2) is 4.40. The maximum absolute atomic E-state index is 12.6. The molecule has 100 valence electrons. The van der Waals surface area contributed by atoms with Gasteiger partial charge in [-0.2, -0.15) is 21.6 Å². The van der Waals surface area contributed by atoms with E-state index in [9.17, 15) is 36.1 Å². The van der Waals surface area contributed by atoms with Crippen molar-refractivity contribution >= 4 is 15.8 Å². The van der Waals surface area contributed by atoms with E-state index in [1.54, 1.807) is 0 Å². The van der Waals surface area contributed by atoms with Crippen LogP contribution in [0.3, 0.4) is 0 Å². The zero-order valence-electron chi connectivity index (χ0n) is 8.14. The molecular weight excluding hydrogens is 286 g/mol. The molecule has 0 amide bonds. The first-order valence-electron chi connectivity index (χ1n) is 3.99. The molecule has 11 heteroatoms. The van der Waals surface area contributed by atoms with E-state index >= 15 is 0 Å². The number of hydrogen-bond acceptors (Lipinski definition) is 5. The fourth-order valence-corrected chi connectivity index (χ4v) is 1.34. The third-order valence-electron chi connectivity index (χ3n) is 1.60. The molecule has 0 atom stereocenters. The lowest BCUT2D eigenvalue weighted by molar-refractivity contribution is -0.385. The average Bonchev–Trinajstić information content (AvgIpc) is 2.18. The summed E-state index contributed by atoms with van der Waals surface area (Å²) in [6, 6.07) is 1.17. The summed E-state index contributed by atoms with van der Waals surface area (Å²) in [4.78, 5) is 9.12. The molecule has 0 aliphatic rings. The molecule has 0 aliphatic heterocycles. The van der Waals surface area contributed by atoms with E-state index in [-0.39, 0.29) is 6.07 Å². The highest BCUT2D eigenvalue weighted by Gasteiger charge is 2.49. The van der Waals surface area contributed by atoms with Gasteiger partial charge in [-0.1, -0.05) is 0 Å². The Morgan fingerprint density at radius 3 is 2.28 bits per heavy atom. The summed E-state index contributed by atoms with van der Waals surface area (Å²) in [5.74, 6) is -2.35. The molecule has 1 aromatic carbocycles. The van der Waals surface area contributed by atoms with Crippen LogP contribution in [0, 0.1) is 15.9 Å². The van der Waals surface area contributed by atoms with Crippen LogP contribution in [0.4, 0.5) is 23.2 Å². The van der Waals surface area contributed by atoms with Gasteiger partial charge in [-0.15, -0.1) is 0 Å². The first-order chi connectivity index (χ1) is 8.04. The van der Waals surface area contributed by atoms with Gasteiger partial charge in [0.2, 0.25) is 5.75 Å². The summed E-state index contributed by atoms with van der Waals surface area (Å²) < 4.78 is 73.4. The van der Waals surface area contributed by atoms with Crippen molar-refractivity contribution < 1.29 is 35.1 Å². The van der Waals surface area contributed by atoms with Crippen molar-refractivity contribution in [1.82, 2.24) is 0 Å². The summed E-state index contributed by atoms with van der Waals surface area (Å²) in [6.45, 7) is 0. The van der Waals surface area contributed by atoms with Crippen LogP contribution in [0.25, 0.3) is 0 Å². The number of nitro benzene ring substituents is 1. The van der Waals surface area contributed by atoms with Gasteiger partial charge in [-0.3, -0.25) is 10.1 Å². The van der Waals surface area contributed by atoms with Crippen LogP contribution in [0.1, 0.15) is 0 Å². The summed E-state index contributed by atoms with van der Waals surface area (Å²) in [6.07, 6.45) is 0. The van der Waals surface area contributed by atoms with Crippen molar-refractivity contribution in [3.63, 3.8) is 0 Å². The second-order valence-corrected chi connectivity index (χ2v) is 4.39. The molecule has 0 fully saturated rings. The fourth-order valence-electron chi connectivity index (χ4n) is 0.869. The SMILES string of the molecule is O=[N+]([O-])c1cc(F)ccc1OS(=O)(=O)C(F)(F)F. The van der Waals surface area contributed by atoms with Gasteiger partial charge in [0, 0.05) is 0 Å². The lowest BCUT2D eigenvalue weighted by Crippen LogP contribution is -2.28. The zero-order valence-corrected chi connectivity index (χ0v) is 8.96. The smallest absolute Gasteiger partial charge is 0.369 e. The summed E-state index contributed by atoms with van der Waals surface area (Å²) in [7, 11) is -6.05. The van der Waals surface area contributed by atoms with Gasteiger partial charge in [0.25, 0.3) is 0 Å². The van der Waals surface area contributed by atoms with Crippen molar-refractivity contribution in [2.45, 2.75) is 5.51 Å². The Bertz CT molecular complexity index is 582. The second-order valence-electron chi connectivity index (χ2n) is 2.85. The number of hydrogen-bond donors (Lipinski definition) is 0. The van der Waals surface area contributed by atoms with Crippen LogP contribution in [-0.4, -0.2) is 18.8 Å². The highest BCUT2D eigenvalue weighted by atomic mass is 32.2. The van der Waals surface area contributed by atoms with Crippen molar-refractivity contribution in [2.24, 2.45) is 0 Å². The maximum Gasteiger partial charge on any atom is 0.534 e. The van der Waals surface area contributed by atoms with Gasteiger partial charge < -0.3 is 4.18 Å². The summed E-state index contributed by atoms with van der Waals surface area (Å²) >= 11 is 0. The number of halogens is 4. The van der Waals surface area contributed by atoms with Crippen molar-refractivity contribution in [3.05, 3.63) is 34.1 Å². The molecule has 0 unspecified atom stereocenters. The van der Waals surface area contributed by atoms with E-state index in [4.69, 9.17) is 0 Å². The average molecular weight is 289 g/mol. The molecule has 0 spiro atoms. The standard InChI is InChI=1S/C7H3F4NO5S/c8-4-1-2-6(5(3-4)12(13)14)17-18(15,16)7(9,10)11/h1-3H. The first-order valence-corrected chi connectivity index (χ1v) is 5.40. The Labute approximate surface area is 97.1 Å². The van der Waals surface area contributed by atoms with E-state index in [1.165, 1.54) is 0 Å². The monoisotopic (exact) mass is 289 g/mol. The molecular formula is C7H3F4NO5S. The van der Waals surface area contributed by atoms with Gasteiger partial charge in [0.05, 0.1) is 11.0 Å². The third kappa shape index (κ3) is 2.85. The number of rotatable bonds is 3. The van der Waals surface area contributed by atoms with Gasteiger partial charge in [-0.25, -0.2) is 4.39 Å². The highest BCUT2D eigenvalue weighted by Crippen LogP contribution is 2.33. The molecule has 18 heavy (non-hydrogen) atoms. The first kappa shape index (κ1) is 14.2. The van der Waals surface area contributed by atoms with Gasteiger partial charge in [0.15, 0.2) is 0 Å². The normalized spacial score (nSPS) is 12.2. The van der Waals surface area contributed by atoms with Crippen LogP contribution in [0.2, 0.25) is 0 Å². The van der Waals surface area contributed by atoms with Gasteiger partial charge in [0.1, 0.15) is 5.82 Å². The predicted octanol–water partition coefficient (Wildman–Crippen LogP) is 1.96. The van der Waals surface area contributed by atoms with E-state index < -0.39 is 37.8 Å². The number of alkyl halides is 3. The summed E-state index contributed by atoms with van der Waals surface area (Å²) in [5, 5.41) is 10.4. The molecule has 0 heterocycles. The maximum atomic E-state index is 12.6. The van der Waals surface area contributed by atoms with Crippen LogP contribution in [0.15, 0.2) is 18.2 Å². The predicted molar refractivity (Wildman–Crippen MR) is 48.7 cm³/mol.